The van der Waals surface area contributed by atoms with Gasteiger partial charge in [-0.2, -0.15) is 0 Å². The molecule has 100 valence electrons. The standard InChI is InChI=1S/C13H14N2O4/c1-8-9(2)15(19)13(14(8)7-12(17)18)10-3-5-11(16)6-4-10/h3-6,19H,7H2,1-2H3,(H,17,18). The highest BCUT2D eigenvalue weighted by molar-refractivity contribution is 6.01. The van der Waals surface area contributed by atoms with Gasteiger partial charge in [0.2, 0.25) is 0 Å². The van der Waals surface area contributed by atoms with E-state index in [0.29, 0.717) is 22.8 Å². The van der Waals surface area contributed by atoms with E-state index < -0.39 is 5.97 Å². The minimum absolute atomic E-state index is 0.141. The number of hydrogen-bond donors (Lipinski definition) is 2. The Balaban J connectivity index is 2.46. The molecule has 0 fully saturated rings. The van der Waals surface area contributed by atoms with E-state index in [1.807, 2.05) is 0 Å². The van der Waals surface area contributed by atoms with Crippen LogP contribution >= 0.6 is 0 Å². The van der Waals surface area contributed by atoms with Gasteiger partial charge >= 0.3 is 5.97 Å². The highest BCUT2D eigenvalue weighted by Crippen LogP contribution is 2.33. The minimum atomic E-state index is -1.000. The molecule has 0 aromatic carbocycles. The van der Waals surface area contributed by atoms with Gasteiger partial charge in [0.25, 0.3) is 0 Å². The molecular weight excluding hydrogens is 248 g/mol. The predicted octanol–water partition coefficient (Wildman–Crippen LogP) is 1.24. The number of aliphatic carboxylic acids is 1. The maximum absolute atomic E-state index is 11.1. The highest BCUT2D eigenvalue weighted by Gasteiger charge is 2.31. The third-order valence-electron chi connectivity index (χ3n) is 3.11. The van der Waals surface area contributed by atoms with Crippen LogP contribution in [-0.4, -0.2) is 38.6 Å². The van der Waals surface area contributed by atoms with Crippen LogP contribution in [0.2, 0.25) is 0 Å². The number of ketones is 1. The number of hydroxylamine groups is 2. The van der Waals surface area contributed by atoms with E-state index in [4.69, 9.17) is 5.11 Å². The summed E-state index contributed by atoms with van der Waals surface area (Å²) in [5.41, 5.74) is 1.80. The fourth-order valence-corrected chi connectivity index (χ4v) is 1.99. The molecule has 0 atom stereocenters. The zero-order chi connectivity index (χ0) is 14.2. The average Bonchev–Trinajstić information content (AvgIpc) is 2.55. The van der Waals surface area contributed by atoms with Gasteiger partial charge in [-0.1, -0.05) is 0 Å². The van der Waals surface area contributed by atoms with Crippen LogP contribution in [0.5, 0.6) is 0 Å². The molecule has 0 aromatic heterocycles. The molecule has 0 bridgehead atoms. The second-order valence-electron chi connectivity index (χ2n) is 4.31. The molecule has 0 unspecified atom stereocenters. The molecule has 19 heavy (non-hydrogen) atoms. The molecule has 1 aliphatic carbocycles. The molecular formula is C13H14N2O4. The van der Waals surface area contributed by atoms with Gasteiger partial charge in [0.05, 0.1) is 5.70 Å². The van der Waals surface area contributed by atoms with Crippen LogP contribution in [0.15, 0.2) is 47.1 Å². The normalized spacial score (nSPS) is 19.0. The molecule has 6 nitrogen and oxygen atoms in total. The van der Waals surface area contributed by atoms with Crippen molar-refractivity contribution in [3.05, 3.63) is 47.1 Å². The Kier molecular flexibility index (Phi) is 3.26. The average molecular weight is 262 g/mol. The maximum Gasteiger partial charge on any atom is 0.323 e. The molecule has 2 aliphatic rings. The molecule has 0 spiro atoms. The van der Waals surface area contributed by atoms with Gasteiger partial charge in [-0.25, -0.2) is 5.06 Å². The molecule has 2 N–H and O–H groups in total. The molecule has 0 amide bonds. The van der Waals surface area contributed by atoms with Crippen molar-refractivity contribution in [2.75, 3.05) is 6.54 Å². The smallest absolute Gasteiger partial charge is 0.323 e. The Morgan fingerprint density at radius 2 is 1.74 bits per heavy atom. The molecule has 0 radical (unpaired) electrons. The first kappa shape index (κ1) is 13.1. The third kappa shape index (κ3) is 2.30. The largest absolute Gasteiger partial charge is 0.480 e. The predicted molar refractivity (Wildman–Crippen MR) is 66.7 cm³/mol. The highest BCUT2D eigenvalue weighted by atomic mass is 16.5. The number of carboxylic acids is 1. The summed E-state index contributed by atoms with van der Waals surface area (Å²) in [6.07, 6.45) is 5.86. The SMILES string of the molecule is CC1=C(C)N(CC(=O)O)C(=C2C=CC(=O)C=C2)N1O. The summed E-state index contributed by atoms with van der Waals surface area (Å²) in [7, 11) is 0. The fourth-order valence-electron chi connectivity index (χ4n) is 1.99. The zero-order valence-corrected chi connectivity index (χ0v) is 10.6. The van der Waals surface area contributed by atoms with Crippen molar-refractivity contribution in [3.63, 3.8) is 0 Å². The van der Waals surface area contributed by atoms with E-state index in [0.717, 1.165) is 5.06 Å². The van der Waals surface area contributed by atoms with Crippen molar-refractivity contribution in [2.45, 2.75) is 13.8 Å². The van der Waals surface area contributed by atoms with E-state index in [-0.39, 0.29) is 12.3 Å². The van der Waals surface area contributed by atoms with Gasteiger partial charge in [-0.3, -0.25) is 14.8 Å². The first-order valence-corrected chi connectivity index (χ1v) is 5.72. The molecule has 6 heteroatoms. The maximum atomic E-state index is 11.1. The van der Waals surface area contributed by atoms with Crippen molar-refractivity contribution < 1.29 is 19.9 Å². The monoisotopic (exact) mass is 262 g/mol. The lowest BCUT2D eigenvalue weighted by Gasteiger charge is -2.23. The van der Waals surface area contributed by atoms with Crippen LogP contribution in [0.25, 0.3) is 0 Å². The topological polar surface area (TPSA) is 81.1 Å². The van der Waals surface area contributed by atoms with Gasteiger partial charge in [0, 0.05) is 11.3 Å². The first-order valence-electron chi connectivity index (χ1n) is 5.72. The summed E-state index contributed by atoms with van der Waals surface area (Å²) in [5.74, 6) is -0.796. The van der Waals surface area contributed by atoms with E-state index in [2.05, 4.69) is 0 Å². The van der Waals surface area contributed by atoms with E-state index in [1.54, 1.807) is 26.0 Å². The quantitative estimate of drug-likeness (QED) is 0.779. The Labute approximate surface area is 110 Å². The van der Waals surface area contributed by atoms with Crippen molar-refractivity contribution in [1.29, 1.82) is 0 Å². The van der Waals surface area contributed by atoms with Crippen molar-refractivity contribution in [1.82, 2.24) is 9.96 Å². The van der Waals surface area contributed by atoms with Gasteiger partial charge in [-0.05, 0) is 38.2 Å². The number of rotatable bonds is 2. The fraction of sp³-hybridized carbons (Fsp3) is 0.231. The summed E-state index contributed by atoms with van der Waals surface area (Å²) >= 11 is 0. The van der Waals surface area contributed by atoms with Crippen LogP contribution in [-0.2, 0) is 9.59 Å². The number of nitrogens with zero attached hydrogens (tertiary/aromatic N) is 2. The van der Waals surface area contributed by atoms with Crippen LogP contribution in [0.1, 0.15) is 13.8 Å². The summed E-state index contributed by atoms with van der Waals surface area (Å²) < 4.78 is 0. The zero-order valence-electron chi connectivity index (χ0n) is 10.6. The number of carbonyl (C=O) groups is 2. The number of allylic oxidation sites excluding steroid dienone is 7. The molecule has 0 saturated heterocycles. The van der Waals surface area contributed by atoms with Gasteiger partial charge in [-0.15, -0.1) is 0 Å². The lowest BCUT2D eigenvalue weighted by molar-refractivity contribution is -0.137. The molecule has 0 saturated carbocycles. The Morgan fingerprint density at radius 1 is 1.16 bits per heavy atom. The molecule has 1 aliphatic heterocycles. The Hall–Kier alpha value is -2.34. The molecule has 2 rings (SSSR count). The summed E-state index contributed by atoms with van der Waals surface area (Å²) in [5, 5.41) is 19.9. The number of carboxylic acid groups (broad SMARTS) is 1. The van der Waals surface area contributed by atoms with Crippen LogP contribution < -0.4 is 0 Å². The van der Waals surface area contributed by atoms with Crippen molar-refractivity contribution >= 4 is 11.8 Å². The minimum Gasteiger partial charge on any atom is -0.480 e. The van der Waals surface area contributed by atoms with Crippen LogP contribution in [0.3, 0.4) is 0 Å². The third-order valence-corrected chi connectivity index (χ3v) is 3.11. The summed E-state index contributed by atoms with van der Waals surface area (Å²) in [6.45, 7) is 3.17. The number of hydrogen-bond acceptors (Lipinski definition) is 5. The molecule has 1 heterocycles. The van der Waals surface area contributed by atoms with Crippen LogP contribution in [0.4, 0.5) is 0 Å². The Bertz CT molecular complexity index is 551. The summed E-state index contributed by atoms with van der Waals surface area (Å²) in [6, 6.07) is 0. The lowest BCUT2D eigenvalue weighted by Crippen LogP contribution is -2.29. The van der Waals surface area contributed by atoms with E-state index >= 15 is 0 Å². The second-order valence-corrected chi connectivity index (χ2v) is 4.31. The van der Waals surface area contributed by atoms with Crippen molar-refractivity contribution in [3.8, 4) is 0 Å². The summed E-state index contributed by atoms with van der Waals surface area (Å²) in [4.78, 5) is 23.5. The lowest BCUT2D eigenvalue weighted by atomic mass is 10.1. The van der Waals surface area contributed by atoms with E-state index in [1.165, 1.54) is 17.1 Å². The van der Waals surface area contributed by atoms with E-state index in [9.17, 15) is 14.8 Å². The Morgan fingerprint density at radius 3 is 2.26 bits per heavy atom. The second kappa shape index (κ2) is 4.74. The van der Waals surface area contributed by atoms with Crippen molar-refractivity contribution in [2.24, 2.45) is 0 Å². The first-order chi connectivity index (χ1) is 8.91. The van der Waals surface area contributed by atoms with Gasteiger partial charge < -0.3 is 10.0 Å². The van der Waals surface area contributed by atoms with Gasteiger partial charge in [0.15, 0.2) is 5.78 Å². The molecule has 0 aromatic rings. The van der Waals surface area contributed by atoms with Gasteiger partial charge in [0.1, 0.15) is 12.4 Å². The van der Waals surface area contributed by atoms with Crippen LogP contribution in [0, 0.1) is 0 Å². The number of carbonyl (C=O) groups excluding carboxylic acids is 1.